The van der Waals surface area contributed by atoms with Gasteiger partial charge in [-0.15, -0.1) is 0 Å². The van der Waals surface area contributed by atoms with Gasteiger partial charge in [0, 0.05) is 6.92 Å². The summed E-state index contributed by atoms with van der Waals surface area (Å²) in [4.78, 5) is 11.9. The van der Waals surface area contributed by atoms with Crippen LogP contribution in [0.3, 0.4) is 0 Å². The van der Waals surface area contributed by atoms with Gasteiger partial charge in [-0.1, -0.05) is 30.3 Å². The van der Waals surface area contributed by atoms with Crippen LogP contribution in [0.4, 0.5) is 8.78 Å². The Bertz CT molecular complexity index is 592. The summed E-state index contributed by atoms with van der Waals surface area (Å²) in [6, 6.07) is 14.0. The Balaban J connectivity index is 2.20. The van der Waals surface area contributed by atoms with Crippen molar-refractivity contribution in [1.82, 2.24) is 0 Å². The zero-order valence-electron chi connectivity index (χ0n) is 10.7. The van der Waals surface area contributed by atoms with E-state index >= 15 is 0 Å². The van der Waals surface area contributed by atoms with Gasteiger partial charge < -0.3 is 9.47 Å². The SMILES string of the molecule is CC(F)(F)Oc1ccccc1OC(=O)c1ccccc1. The van der Waals surface area contributed by atoms with Crippen molar-refractivity contribution in [3.05, 3.63) is 60.2 Å². The summed E-state index contributed by atoms with van der Waals surface area (Å²) < 4.78 is 35.3. The molecule has 0 radical (unpaired) electrons. The Labute approximate surface area is 114 Å². The molecule has 0 N–H and O–H groups in total. The van der Waals surface area contributed by atoms with Crippen molar-refractivity contribution in [2.75, 3.05) is 0 Å². The molecular weight excluding hydrogens is 266 g/mol. The highest BCUT2D eigenvalue weighted by Gasteiger charge is 2.25. The van der Waals surface area contributed by atoms with Crippen LogP contribution in [0.25, 0.3) is 0 Å². The summed E-state index contributed by atoms with van der Waals surface area (Å²) in [6.07, 6.45) is -3.35. The molecule has 2 aromatic carbocycles. The van der Waals surface area contributed by atoms with E-state index in [9.17, 15) is 13.6 Å². The first-order valence-corrected chi connectivity index (χ1v) is 5.89. The van der Waals surface area contributed by atoms with Crippen molar-refractivity contribution in [3.8, 4) is 11.5 Å². The molecule has 20 heavy (non-hydrogen) atoms. The highest BCUT2D eigenvalue weighted by atomic mass is 19.3. The number of halogens is 2. The Morgan fingerprint density at radius 1 is 0.950 bits per heavy atom. The second kappa shape index (κ2) is 5.69. The summed E-state index contributed by atoms with van der Waals surface area (Å²) >= 11 is 0. The summed E-state index contributed by atoms with van der Waals surface area (Å²) in [7, 11) is 0. The molecule has 0 aliphatic rings. The number of alkyl halides is 2. The van der Waals surface area contributed by atoms with Gasteiger partial charge in [0.15, 0.2) is 11.5 Å². The quantitative estimate of drug-likeness (QED) is 0.628. The van der Waals surface area contributed by atoms with E-state index in [4.69, 9.17) is 4.74 Å². The normalized spacial score (nSPS) is 10.9. The monoisotopic (exact) mass is 278 g/mol. The smallest absolute Gasteiger partial charge is 0.395 e. The van der Waals surface area contributed by atoms with E-state index in [1.807, 2.05) is 0 Å². The van der Waals surface area contributed by atoms with Gasteiger partial charge in [0.1, 0.15) is 0 Å². The number of hydrogen-bond donors (Lipinski definition) is 0. The summed E-state index contributed by atoms with van der Waals surface area (Å²) in [5, 5.41) is 0. The molecule has 0 fully saturated rings. The second-order valence-electron chi connectivity index (χ2n) is 4.11. The highest BCUT2D eigenvalue weighted by Crippen LogP contribution is 2.31. The van der Waals surface area contributed by atoms with Gasteiger partial charge in [-0.2, -0.15) is 8.78 Å². The topological polar surface area (TPSA) is 35.5 Å². The Morgan fingerprint density at radius 2 is 1.50 bits per heavy atom. The maximum Gasteiger partial charge on any atom is 0.395 e. The Hall–Kier alpha value is -2.43. The first kappa shape index (κ1) is 14.0. The van der Waals surface area contributed by atoms with Gasteiger partial charge in [0.2, 0.25) is 0 Å². The Morgan fingerprint density at radius 3 is 2.10 bits per heavy atom. The number of ether oxygens (including phenoxy) is 2. The van der Waals surface area contributed by atoms with Crippen LogP contribution in [0.15, 0.2) is 54.6 Å². The van der Waals surface area contributed by atoms with Crippen LogP contribution in [-0.4, -0.2) is 12.1 Å². The van der Waals surface area contributed by atoms with Crippen LogP contribution in [0.2, 0.25) is 0 Å². The van der Waals surface area contributed by atoms with E-state index in [-0.39, 0.29) is 11.5 Å². The molecule has 0 bridgehead atoms. The van der Waals surface area contributed by atoms with E-state index in [0.29, 0.717) is 12.5 Å². The standard InChI is InChI=1S/C15H12F2O3/c1-15(16,17)20-13-10-6-5-9-12(13)19-14(18)11-7-3-2-4-8-11/h2-10H,1H3. The first-order chi connectivity index (χ1) is 9.46. The number of esters is 1. The molecule has 2 aromatic rings. The molecule has 2 rings (SSSR count). The van der Waals surface area contributed by atoms with E-state index in [1.54, 1.807) is 36.4 Å². The van der Waals surface area contributed by atoms with E-state index in [2.05, 4.69) is 4.74 Å². The number of carbonyl (C=O) groups excluding carboxylic acids is 1. The van der Waals surface area contributed by atoms with E-state index < -0.39 is 12.1 Å². The van der Waals surface area contributed by atoms with Crippen LogP contribution in [0.5, 0.6) is 11.5 Å². The van der Waals surface area contributed by atoms with Gasteiger partial charge >= 0.3 is 12.1 Å². The number of para-hydroxylation sites is 2. The van der Waals surface area contributed by atoms with Crippen LogP contribution >= 0.6 is 0 Å². The minimum Gasteiger partial charge on any atom is -0.429 e. The number of benzene rings is 2. The lowest BCUT2D eigenvalue weighted by atomic mass is 10.2. The third kappa shape index (κ3) is 3.78. The molecule has 0 saturated carbocycles. The van der Waals surface area contributed by atoms with Crippen molar-refractivity contribution in [2.24, 2.45) is 0 Å². The molecule has 0 aromatic heterocycles. The van der Waals surface area contributed by atoms with Crippen molar-refractivity contribution in [3.63, 3.8) is 0 Å². The van der Waals surface area contributed by atoms with E-state index in [1.165, 1.54) is 18.2 Å². The molecule has 104 valence electrons. The molecular formula is C15H12F2O3. The summed E-state index contributed by atoms with van der Waals surface area (Å²) in [6.45, 7) is 0.614. The van der Waals surface area contributed by atoms with Gasteiger partial charge in [-0.05, 0) is 24.3 Å². The minimum atomic E-state index is -3.35. The average Bonchev–Trinajstić information content (AvgIpc) is 2.40. The molecule has 0 spiro atoms. The molecule has 0 saturated heterocycles. The number of carbonyl (C=O) groups is 1. The molecule has 3 nitrogen and oxygen atoms in total. The van der Waals surface area contributed by atoms with Crippen molar-refractivity contribution in [2.45, 2.75) is 13.0 Å². The fourth-order valence-electron chi connectivity index (χ4n) is 1.54. The lowest BCUT2D eigenvalue weighted by Crippen LogP contribution is -2.20. The van der Waals surface area contributed by atoms with Gasteiger partial charge in [-0.25, -0.2) is 4.79 Å². The Kier molecular flexibility index (Phi) is 3.98. The second-order valence-corrected chi connectivity index (χ2v) is 4.11. The fraction of sp³-hybridized carbons (Fsp3) is 0.133. The summed E-state index contributed by atoms with van der Waals surface area (Å²) in [5.74, 6) is -0.881. The van der Waals surface area contributed by atoms with Crippen LogP contribution in [0.1, 0.15) is 17.3 Å². The van der Waals surface area contributed by atoms with Gasteiger partial charge in [-0.3, -0.25) is 0 Å². The number of rotatable bonds is 4. The van der Waals surface area contributed by atoms with Crippen LogP contribution in [-0.2, 0) is 0 Å². The van der Waals surface area contributed by atoms with Crippen LogP contribution < -0.4 is 9.47 Å². The van der Waals surface area contributed by atoms with Crippen molar-refractivity contribution >= 4 is 5.97 Å². The zero-order valence-corrected chi connectivity index (χ0v) is 10.7. The molecule has 5 heteroatoms. The third-order valence-corrected chi connectivity index (χ3v) is 2.35. The summed E-state index contributed by atoms with van der Waals surface area (Å²) in [5.41, 5.74) is 0.325. The molecule has 0 amide bonds. The van der Waals surface area contributed by atoms with Crippen molar-refractivity contribution < 1.29 is 23.0 Å². The zero-order chi connectivity index (χ0) is 14.6. The molecule has 0 aliphatic carbocycles. The predicted octanol–water partition coefficient (Wildman–Crippen LogP) is 3.90. The molecule has 0 unspecified atom stereocenters. The first-order valence-electron chi connectivity index (χ1n) is 5.89. The van der Waals surface area contributed by atoms with Crippen LogP contribution in [0, 0.1) is 0 Å². The fourth-order valence-corrected chi connectivity index (χ4v) is 1.54. The van der Waals surface area contributed by atoms with E-state index in [0.717, 1.165) is 0 Å². The largest absolute Gasteiger partial charge is 0.429 e. The van der Waals surface area contributed by atoms with Crippen molar-refractivity contribution in [1.29, 1.82) is 0 Å². The minimum absolute atomic E-state index is 0.0529. The highest BCUT2D eigenvalue weighted by molar-refractivity contribution is 5.91. The molecule has 0 atom stereocenters. The molecule has 0 aliphatic heterocycles. The average molecular weight is 278 g/mol. The van der Waals surface area contributed by atoms with Gasteiger partial charge in [0.05, 0.1) is 5.56 Å². The number of hydrogen-bond acceptors (Lipinski definition) is 3. The third-order valence-electron chi connectivity index (χ3n) is 2.35. The maximum atomic E-state index is 12.9. The maximum absolute atomic E-state index is 12.9. The van der Waals surface area contributed by atoms with Gasteiger partial charge in [0.25, 0.3) is 0 Å². The lowest BCUT2D eigenvalue weighted by Gasteiger charge is -2.15. The predicted molar refractivity (Wildman–Crippen MR) is 69.1 cm³/mol. The molecule has 0 heterocycles. The lowest BCUT2D eigenvalue weighted by molar-refractivity contribution is -0.159.